The van der Waals surface area contributed by atoms with Gasteiger partial charge in [0, 0.05) is 18.1 Å². The van der Waals surface area contributed by atoms with Crippen LogP contribution in [0.4, 0.5) is 5.69 Å². The lowest BCUT2D eigenvalue weighted by Gasteiger charge is -2.10. The monoisotopic (exact) mass is 362 g/mol. The maximum Gasteiger partial charge on any atom is 0.129 e. The third kappa shape index (κ3) is 2.96. The predicted molar refractivity (Wildman–Crippen MR) is 89.9 cm³/mol. The highest BCUT2D eigenvalue weighted by molar-refractivity contribution is 9.10. The highest BCUT2D eigenvalue weighted by Gasteiger charge is 2.06. The number of phenols is 1. The molecule has 0 fully saturated rings. The van der Waals surface area contributed by atoms with Gasteiger partial charge in [0.25, 0.3) is 0 Å². The fourth-order valence-corrected chi connectivity index (χ4v) is 2.78. The van der Waals surface area contributed by atoms with Crippen LogP contribution < -0.4 is 5.32 Å². The molecule has 0 spiro atoms. The van der Waals surface area contributed by atoms with Crippen LogP contribution in [0.1, 0.15) is 5.56 Å². The van der Waals surface area contributed by atoms with Crippen molar-refractivity contribution < 1.29 is 5.11 Å². The summed E-state index contributed by atoms with van der Waals surface area (Å²) in [7, 11) is 0. The molecule has 0 aliphatic carbocycles. The van der Waals surface area contributed by atoms with Crippen LogP contribution in [0.15, 0.2) is 53.1 Å². The van der Waals surface area contributed by atoms with Crippen LogP contribution in [0.5, 0.6) is 5.75 Å². The van der Waals surface area contributed by atoms with E-state index >= 15 is 0 Å². The van der Waals surface area contributed by atoms with Crippen LogP contribution in [0.3, 0.4) is 0 Å². The van der Waals surface area contributed by atoms with Crippen LogP contribution in [0.2, 0.25) is 5.02 Å². The molecular weight excluding hydrogens is 352 g/mol. The molecule has 1 heterocycles. The molecule has 2 aromatic carbocycles. The number of benzene rings is 2. The number of anilines is 1. The van der Waals surface area contributed by atoms with Crippen molar-refractivity contribution in [3.05, 3.63) is 63.7 Å². The number of rotatable bonds is 3. The second-order valence-corrected chi connectivity index (χ2v) is 5.90. The Hall–Kier alpha value is -1.78. The number of aromatic nitrogens is 1. The fraction of sp³-hybridized carbons (Fsp3) is 0.0625. The Morgan fingerprint density at radius 1 is 1.19 bits per heavy atom. The molecule has 3 aromatic rings. The van der Waals surface area contributed by atoms with Gasteiger partial charge in [-0.15, -0.1) is 0 Å². The molecule has 0 unspecified atom stereocenters. The molecule has 0 atom stereocenters. The van der Waals surface area contributed by atoms with Gasteiger partial charge < -0.3 is 10.4 Å². The van der Waals surface area contributed by atoms with Gasteiger partial charge in [-0.1, -0.05) is 17.7 Å². The second-order valence-electron chi connectivity index (χ2n) is 4.63. The molecule has 0 saturated carbocycles. The third-order valence-electron chi connectivity index (χ3n) is 3.21. The minimum atomic E-state index is 0.234. The summed E-state index contributed by atoms with van der Waals surface area (Å²) in [6.07, 6.45) is 1.75. The first kappa shape index (κ1) is 14.2. The van der Waals surface area contributed by atoms with Crippen molar-refractivity contribution in [3.8, 4) is 5.75 Å². The highest BCUT2D eigenvalue weighted by Crippen LogP contribution is 2.29. The zero-order valence-corrected chi connectivity index (χ0v) is 13.3. The Balaban J connectivity index is 1.88. The van der Waals surface area contributed by atoms with E-state index in [-0.39, 0.29) is 5.75 Å². The van der Waals surface area contributed by atoms with Gasteiger partial charge in [0.05, 0.1) is 20.7 Å². The quantitative estimate of drug-likeness (QED) is 0.690. The molecule has 21 heavy (non-hydrogen) atoms. The summed E-state index contributed by atoms with van der Waals surface area (Å²) in [6.45, 7) is 0.631. The summed E-state index contributed by atoms with van der Waals surface area (Å²) in [5, 5.41) is 14.5. The van der Waals surface area contributed by atoms with Gasteiger partial charge in [-0.2, -0.15) is 0 Å². The van der Waals surface area contributed by atoms with Crippen molar-refractivity contribution >= 4 is 44.1 Å². The minimum absolute atomic E-state index is 0.234. The van der Waals surface area contributed by atoms with E-state index in [9.17, 15) is 5.11 Å². The molecule has 3 rings (SSSR count). The molecule has 0 radical (unpaired) electrons. The van der Waals surface area contributed by atoms with Crippen LogP contribution in [-0.2, 0) is 6.54 Å². The number of aromatic hydroxyl groups is 1. The van der Waals surface area contributed by atoms with Gasteiger partial charge in [-0.25, -0.2) is 0 Å². The minimum Gasteiger partial charge on any atom is -0.507 e. The summed E-state index contributed by atoms with van der Waals surface area (Å²) >= 11 is 9.50. The Labute approximate surface area is 135 Å². The summed E-state index contributed by atoms with van der Waals surface area (Å²) in [4.78, 5) is 4.39. The maximum absolute atomic E-state index is 9.51. The molecule has 3 nitrogen and oxygen atoms in total. The first-order valence-corrected chi connectivity index (χ1v) is 7.57. The van der Waals surface area contributed by atoms with Gasteiger partial charge >= 0.3 is 0 Å². The lowest BCUT2D eigenvalue weighted by Crippen LogP contribution is -2.00. The molecule has 0 amide bonds. The van der Waals surface area contributed by atoms with E-state index in [1.807, 2.05) is 36.4 Å². The first-order valence-electron chi connectivity index (χ1n) is 6.39. The number of fused-ring (bicyclic) bond motifs is 1. The number of phenolic OH excluding ortho intramolecular Hbond substituents is 1. The van der Waals surface area contributed by atoms with Gasteiger partial charge in [0.1, 0.15) is 5.75 Å². The Kier molecular flexibility index (Phi) is 3.99. The second kappa shape index (κ2) is 5.92. The van der Waals surface area contributed by atoms with E-state index in [1.165, 1.54) is 0 Å². The first-order chi connectivity index (χ1) is 10.1. The summed E-state index contributed by atoms with van der Waals surface area (Å²) in [5.41, 5.74) is 2.83. The van der Waals surface area contributed by atoms with Crippen LogP contribution >= 0.6 is 27.5 Å². The molecule has 5 heteroatoms. The predicted octanol–water partition coefficient (Wildman–Crippen LogP) is 4.97. The van der Waals surface area contributed by atoms with Crippen LogP contribution in [-0.4, -0.2) is 10.1 Å². The molecule has 0 aliphatic rings. The van der Waals surface area contributed by atoms with Crippen molar-refractivity contribution in [3.63, 3.8) is 0 Å². The number of hydrogen-bond acceptors (Lipinski definition) is 3. The summed E-state index contributed by atoms with van der Waals surface area (Å²) < 4.78 is 0.681. The lowest BCUT2D eigenvalue weighted by atomic mass is 10.1. The lowest BCUT2D eigenvalue weighted by molar-refractivity contribution is 0.471. The molecule has 0 bridgehead atoms. The van der Waals surface area contributed by atoms with E-state index in [0.29, 0.717) is 16.0 Å². The number of nitrogens with zero attached hydrogens (tertiary/aromatic N) is 1. The van der Waals surface area contributed by atoms with Crippen molar-refractivity contribution in [2.45, 2.75) is 6.54 Å². The topological polar surface area (TPSA) is 45.1 Å². The number of halogens is 2. The van der Waals surface area contributed by atoms with E-state index in [4.69, 9.17) is 11.6 Å². The van der Waals surface area contributed by atoms with Crippen molar-refractivity contribution in [1.82, 2.24) is 4.98 Å². The highest BCUT2D eigenvalue weighted by atomic mass is 79.9. The Morgan fingerprint density at radius 3 is 2.86 bits per heavy atom. The normalized spacial score (nSPS) is 10.8. The Bertz CT molecular complexity index is 807. The zero-order valence-electron chi connectivity index (χ0n) is 11.0. The van der Waals surface area contributed by atoms with E-state index < -0.39 is 0 Å². The molecular formula is C16H12BrClN2O. The summed E-state index contributed by atoms with van der Waals surface area (Å²) in [6, 6.07) is 13.0. The van der Waals surface area contributed by atoms with Crippen LogP contribution in [0.25, 0.3) is 10.9 Å². The number of hydrogen-bond donors (Lipinski definition) is 2. The van der Waals surface area contributed by atoms with E-state index in [1.54, 1.807) is 12.3 Å². The maximum atomic E-state index is 9.51. The van der Waals surface area contributed by atoms with Crippen LogP contribution in [0, 0.1) is 0 Å². The van der Waals surface area contributed by atoms with Crippen molar-refractivity contribution in [2.24, 2.45) is 0 Å². The van der Waals surface area contributed by atoms with Gasteiger partial charge in [-0.05, 0) is 57.9 Å². The average Bonchev–Trinajstić information content (AvgIpc) is 2.50. The van der Waals surface area contributed by atoms with E-state index in [0.717, 1.165) is 22.2 Å². The number of nitrogens with one attached hydrogen (secondary N) is 1. The number of pyridine rings is 1. The molecule has 2 N–H and O–H groups in total. The smallest absolute Gasteiger partial charge is 0.129 e. The average molecular weight is 364 g/mol. The largest absolute Gasteiger partial charge is 0.507 e. The fourth-order valence-electron chi connectivity index (χ4n) is 2.14. The third-order valence-corrected chi connectivity index (χ3v) is 4.18. The Morgan fingerprint density at radius 2 is 2.05 bits per heavy atom. The van der Waals surface area contributed by atoms with Gasteiger partial charge in [0.2, 0.25) is 0 Å². The molecule has 1 aromatic heterocycles. The summed E-state index contributed by atoms with van der Waals surface area (Å²) in [5.74, 6) is 0.234. The molecule has 0 aliphatic heterocycles. The standard InChI is InChI=1S/C16H12BrClN2O/c17-12-8-10(3-6-15(12)21)9-20-14-5-4-13(18)11-2-1-7-19-16(11)14/h1-8,20-21H,9H2. The SMILES string of the molecule is Oc1ccc(CNc2ccc(Cl)c3cccnc23)cc1Br. The van der Waals surface area contributed by atoms with Crippen molar-refractivity contribution in [2.75, 3.05) is 5.32 Å². The van der Waals surface area contributed by atoms with Gasteiger partial charge in [0.15, 0.2) is 0 Å². The van der Waals surface area contributed by atoms with Gasteiger partial charge in [-0.3, -0.25) is 4.98 Å². The zero-order chi connectivity index (χ0) is 14.8. The molecule has 0 saturated heterocycles. The molecule has 106 valence electrons. The van der Waals surface area contributed by atoms with Crippen molar-refractivity contribution in [1.29, 1.82) is 0 Å². The van der Waals surface area contributed by atoms with E-state index in [2.05, 4.69) is 26.2 Å².